The Kier molecular flexibility index (Phi) is 9.00. The number of benzene rings is 1. The van der Waals surface area contributed by atoms with Crippen LogP contribution in [0.5, 0.6) is 11.5 Å². The Bertz CT molecular complexity index is 1770. The fraction of sp³-hybridized carbons (Fsp3) is 0.344. The number of nitrogens with zero attached hydrogens (tertiary/aromatic N) is 4. The highest BCUT2D eigenvalue weighted by Gasteiger charge is 2.49. The number of aromatic nitrogens is 3. The number of Topliss-reactive ketones (excluding diaryl/α,β-unsaturated/α-hetero) is 1. The molecule has 11 nitrogen and oxygen atoms in total. The van der Waals surface area contributed by atoms with Crippen molar-refractivity contribution in [3.8, 4) is 11.5 Å². The van der Waals surface area contributed by atoms with Gasteiger partial charge in [-0.3, -0.25) is 18.9 Å². The van der Waals surface area contributed by atoms with Crippen molar-refractivity contribution >= 4 is 45.5 Å². The van der Waals surface area contributed by atoms with Crippen molar-refractivity contribution in [2.75, 3.05) is 24.7 Å². The van der Waals surface area contributed by atoms with E-state index in [1.165, 1.54) is 4.90 Å². The number of amides is 1. The zero-order chi connectivity index (χ0) is 31.5. The minimum absolute atomic E-state index is 0.118. The summed E-state index contributed by atoms with van der Waals surface area (Å²) in [7, 11) is 0. The van der Waals surface area contributed by atoms with E-state index >= 15 is 0 Å². The predicted molar refractivity (Wildman–Crippen MR) is 166 cm³/mol. The molecule has 5 rings (SSSR count). The summed E-state index contributed by atoms with van der Waals surface area (Å²) in [6.07, 6.45) is 3.54. The van der Waals surface area contributed by atoms with Gasteiger partial charge in [-0.05, 0) is 63.9 Å². The van der Waals surface area contributed by atoms with Crippen molar-refractivity contribution in [2.24, 2.45) is 0 Å². The molecule has 0 spiro atoms. The summed E-state index contributed by atoms with van der Waals surface area (Å²) in [6.45, 7) is 9.98. The molecule has 1 amide bonds. The predicted octanol–water partition coefficient (Wildman–Crippen LogP) is 5.79. The largest absolute Gasteiger partial charge is 0.505 e. The van der Waals surface area contributed by atoms with Gasteiger partial charge < -0.3 is 19.3 Å². The molecule has 4 heterocycles. The van der Waals surface area contributed by atoms with Crippen molar-refractivity contribution < 1.29 is 33.7 Å². The molecule has 0 radical (unpaired) electrons. The van der Waals surface area contributed by atoms with Crippen molar-refractivity contribution in [1.29, 1.82) is 0 Å². The summed E-state index contributed by atoms with van der Waals surface area (Å²) in [6, 6.07) is 9.43. The van der Waals surface area contributed by atoms with Crippen LogP contribution < -0.4 is 14.4 Å². The Morgan fingerprint density at radius 2 is 1.80 bits per heavy atom. The normalized spacial score (nSPS) is 16.1. The number of carbonyl (C=O) groups excluding carboxylic acids is 3. The molecule has 1 atom stereocenters. The number of ketones is 1. The van der Waals surface area contributed by atoms with Crippen LogP contribution in [0.1, 0.15) is 72.0 Å². The maximum Gasteiger partial charge on any atom is 0.350 e. The number of hydrogen-bond acceptors (Lipinski definition) is 10. The summed E-state index contributed by atoms with van der Waals surface area (Å²) in [5, 5.41) is 12.0. The quantitative estimate of drug-likeness (QED) is 0.0729. The summed E-state index contributed by atoms with van der Waals surface area (Å²) in [4.78, 5) is 50.7. The van der Waals surface area contributed by atoms with E-state index in [1.54, 1.807) is 61.7 Å². The Balaban J connectivity index is 1.73. The zero-order valence-corrected chi connectivity index (χ0v) is 26.1. The van der Waals surface area contributed by atoms with Crippen LogP contribution in [0.3, 0.4) is 0 Å². The van der Waals surface area contributed by atoms with E-state index in [0.29, 0.717) is 47.3 Å². The standard InChI is InChI=1S/C32H34N4O7S/c1-6-9-16-43-21-14-13-20(17-22(21)41-7-2)26-24(27(37)25-18(4)33-23-12-10-11-15-35(23)25)28(38)30(39)36(26)32-34-19(5)29(44-32)31(40)42-8-3/h10-15,17,26,37H,6-9,16H2,1-5H3/b27-24+. The fourth-order valence-corrected chi connectivity index (χ4v) is 6.14. The van der Waals surface area contributed by atoms with Crippen LogP contribution in [0, 0.1) is 13.8 Å². The van der Waals surface area contributed by atoms with Crippen LogP contribution in [0.4, 0.5) is 5.13 Å². The van der Waals surface area contributed by atoms with Crippen LogP contribution in [-0.4, -0.2) is 57.0 Å². The van der Waals surface area contributed by atoms with Gasteiger partial charge in [0.1, 0.15) is 16.2 Å². The van der Waals surface area contributed by atoms with E-state index in [1.807, 2.05) is 13.0 Å². The van der Waals surface area contributed by atoms with Gasteiger partial charge in [-0.15, -0.1) is 0 Å². The lowest BCUT2D eigenvalue weighted by molar-refractivity contribution is -0.132. The number of hydrogen-bond donors (Lipinski definition) is 1. The number of anilines is 1. The van der Waals surface area contributed by atoms with Crippen LogP contribution in [0.25, 0.3) is 11.4 Å². The van der Waals surface area contributed by atoms with Gasteiger partial charge in [0, 0.05) is 6.20 Å². The summed E-state index contributed by atoms with van der Waals surface area (Å²) in [5.41, 5.74) is 2.03. The van der Waals surface area contributed by atoms with E-state index in [0.717, 1.165) is 24.2 Å². The van der Waals surface area contributed by atoms with Gasteiger partial charge in [0.15, 0.2) is 22.4 Å². The smallest absolute Gasteiger partial charge is 0.350 e. The number of imidazole rings is 1. The molecule has 1 N–H and O–H groups in total. The van der Waals surface area contributed by atoms with Crippen molar-refractivity contribution in [1.82, 2.24) is 14.4 Å². The average molecular weight is 619 g/mol. The SMILES string of the molecule is CCCCOc1ccc(C2/C(=C(\O)c3c(C)nc4ccccn34)C(=O)C(=O)N2c2nc(C)c(C(=O)OCC)s2)cc1OCC. The molecule has 0 aliphatic carbocycles. The van der Waals surface area contributed by atoms with E-state index in [2.05, 4.69) is 16.9 Å². The average Bonchev–Trinajstić information content (AvgIpc) is 3.63. The molecule has 1 aromatic carbocycles. The molecular weight excluding hydrogens is 584 g/mol. The number of aliphatic hydroxyl groups excluding tert-OH is 1. The van der Waals surface area contributed by atoms with Gasteiger partial charge in [-0.25, -0.2) is 14.8 Å². The summed E-state index contributed by atoms with van der Waals surface area (Å²) in [5.74, 6) is -1.80. The number of rotatable bonds is 11. The first-order chi connectivity index (χ1) is 21.2. The Morgan fingerprint density at radius 3 is 2.52 bits per heavy atom. The van der Waals surface area contributed by atoms with E-state index in [4.69, 9.17) is 14.2 Å². The monoisotopic (exact) mass is 618 g/mol. The lowest BCUT2D eigenvalue weighted by Crippen LogP contribution is -2.29. The zero-order valence-electron chi connectivity index (χ0n) is 25.2. The van der Waals surface area contributed by atoms with Gasteiger partial charge >= 0.3 is 11.9 Å². The molecule has 1 saturated heterocycles. The Morgan fingerprint density at radius 1 is 1.00 bits per heavy atom. The maximum atomic E-state index is 13.8. The number of esters is 1. The lowest BCUT2D eigenvalue weighted by Gasteiger charge is -2.24. The van der Waals surface area contributed by atoms with Gasteiger partial charge in [0.05, 0.1) is 42.8 Å². The molecule has 1 aliphatic rings. The number of thiazole rings is 1. The second-order valence-corrected chi connectivity index (χ2v) is 11.1. The molecule has 1 fully saturated rings. The first-order valence-corrected chi connectivity index (χ1v) is 15.3. The van der Waals surface area contributed by atoms with E-state index in [-0.39, 0.29) is 33.6 Å². The van der Waals surface area contributed by atoms with E-state index in [9.17, 15) is 19.5 Å². The number of aryl methyl sites for hydroxylation is 2. The first-order valence-electron chi connectivity index (χ1n) is 14.5. The molecule has 12 heteroatoms. The topological polar surface area (TPSA) is 133 Å². The highest BCUT2D eigenvalue weighted by atomic mass is 32.1. The van der Waals surface area contributed by atoms with Crippen LogP contribution >= 0.6 is 11.3 Å². The molecule has 44 heavy (non-hydrogen) atoms. The number of carbonyl (C=O) groups is 3. The third-order valence-corrected chi connectivity index (χ3v) is 8.30. The number of fused-ring (bicyclic) bond motifs is 1. The molecule has 3 aromatic heterocycles. The van der Waals surface area contributed by atoms with Gasteiger partial charge in [0.2, 0.25) is 0 Å². The summed E-state index contributed by atoms with van der Waals surface area (Å²) < 4.78 is 18.7. The Labute approximate surface area is 258 Å². The second kappa shape index (κ2) is 12.9. The number of pyridine rings is 1. The lowest BCUT2D eigenvalue weighted by atomic mass is 9.96. The van der Waals surface area contributed by atoms with Crippen LogP contribution in [0.2, 0.25) is 0 Å². The van der Waals surface area contributed by atoms with Crippen molar-refractivity contribution in [2.45, 2.75) is 53.5 Å². The molecule has 0 saturated carbocycles. The molecular formula is C32H34N4O7S. The van der Waals surface area contributed by atoms with Gasteiger partial charge in [-0.2, -0.15) is 0 Å². The fourth-order valence-electron chi connectivity index (χ4n) is 5.15. The van der Waals surface area contributed by atoms with Crippen molar-refractivity contribution in [3.63, 3.8) is 0 Å². The van der Waals surface area contributed by atoms with Gasteiger partial charge in [0.25, 0.3) is 5.78 Å². The molecule has 1 unspecified atom stereocenters. The third-order valence-electron chi connectivity index (χ3n) is 7.16. The first kappa shape index (κ1) is 30.7. The van der Waals surface area contributed by atoms with Crippen LogP contribution in [-0.2, 0) is 14.3 Å². The Hall–Kier alpha value is -4.71. The number of ether oxygens (including phenoxy) is 3. The number of aliphatic hydroxyl groups is 1. The molecule has 4 aromatic rings. The molecule has 0 bridgehead atoms. The van der Waals surface area contributed by atoms with E-state index < -0.39 is 23.7 Å². The second-order valence-electron chi connectivity index (χ2n) is 10.1. The molecule has 1 aliphatic heterocycles. The van der Waals surface area contributed by atoms with Gasteiger partial charge in [-0.1, -0.05) is 36.8 Å². The minimum atomic E-state index is -1.10. The highest BCUT2D eigenvalue weighted by molar-refractivity contribution is 7.17. The van der Waals surface area contributed by atoms with Crippen molar-refractivity contribution in [3.05, 3.63) is 75.7 Å². The van der Waals surface area contributed by atoms with Crippen LogP contribution in [0.15, 0.2) is 48.2 Å². The minimum Gasteiger partial charge on any atom is -0.505 e. The highest BCUT2D eigenvalue weighted by Crippen LogP contribution is 2.46. The molecule has 230 valence electrons. The third kappa shape index (κ3) is 5.52. The number of unbranched alkanes of at least 4 members (excludes halogenated alkanes) is 1. The maximum absolute atomic E-state index is 13.8. The summed E-state index contributed by atoms with van der Waals surface area (Å²) >= 11 is 0.947.